The first-order chi connectivity index (χ1) is 10.5. The van der Waals surface area contributed by atoms with Crippen molar-refractivity contribution in [3.63, 3.8) is 0 Å². The van der Waals surface area contributed by atoms with Crippen LogP contribution in [0.15, 0.2) is 30.3 Å². The zero-order valence-electron chi connectivity index (χ0n) is 12.0. The second-order valence-electron chi connectivity index (χ2n) is 5.81. The minimum Gasteiger partial charge on any atom is -0.326 e. The average Bonchev–Trinajstić information content (AvgIpc) is 3.28. The zero-order chi connectivity index (χ0) is 15.7. The Morgan fingerprint density at radius 3 is 2.59 bits per heavy atom. The molecule has 2 atom stereocenters. The maximum atomic E-state index is 14.2. The number of rotatable bonds is 4. The van der Waals surface area contributed by atoms with E-state index in [1.807, 2.05) is 0 Å². The molecule has 1 saturated heterocycles. The van der Waals surface area contributed by atoms with Crippen molar-refractivity contribution in [3.05, 3.63) is 35.9 Å². The van der Waals surface area contributed by atoms with E-state index >= 15 is 0 Å². The third-order valence-corrected chi connectivity index (χ3v) is 4.09. The summed E-state index contributed by atoms with van der Waals surface area (Å²) in [4.78, 5) is 13.7. The SMILES string of the molecule is C#C[C@H]1C[C@H](OC(F)(F)c2ccccc2)CN1C(=O)C1CC1. The number of carbonyl (C=O) groups excluding carboxylic acids is 1. The van der Waals surface area contributed by atoms with E-state index in [4.69, 9.17) is 11.2 Å². The number of likely N-dealkylation sites (tertiary alicyclic amines) is 1. The van der Waals surface area contributed by atoms with Gasteiger partial charge >= 0.3 is 6.11 Å². The molecule has 0 unspecified atom stereocenters. The number of benzene rings is 1. The number of nitrogens with zero attached hydrogens (tertiary/aromatic N) is 1. The van der Waals surface area contributed by atoms with Crippen LogP contribution in [0.5, 0.6) is 0 Å². The summed E-state index contributed by atoms with van der Waals surface area (Å²) in [5.74, 6) is 2.50. The predicted octanol–water partition coefficient (Wildman–Crippen LogP) is 2.77. The first-order valence-electron chi connectivity index (χ1n) is 7.39. The first kappa shape index (κ1) is 15.0. The summed E-state index contributed by atoms with van der Waals surface area (Å²) in [6, 6.07) is 6.92. The van der Waals surface area contributed by atoms with Crippen LogP contribution < -0.4 is 0 Å². The molecule has 0 radical (unpaired) electrons. The highest BCUT2D eigenvalue weighted by Crippen LogP contribution is 2.37. The summed E-state index contributed by atoms with van der Waals surface area (Å²) in [5, 5.41) is 0. The molecule has 2 fully saturated rings. The van der Waals surface area contributed by atoms with Crippen LogP contribution in [-0.4, -0.2) is 29.5 Å². The minimum absolute atomic E-state index is 0.0178. The largest absolute Gasteiger partial charge is 0.383 e. The number of ether oxygens (including phenoxy) is 1. The predicted molar refractivity (Wildman–Crippen MR) is 76.9 cm³/mol. The molecule has 3 nitrogen and oxygen atoms in total. The van der Waals surface area contributed by atoms with Gasteiger partial charge in [0.15, 0.2) is 0 Å². The Hall–Kier alpha value is -1.93. The van der Waals surface area contributed by atoms with E-state index in [-0.39, 0.29) is 30.4 Å². The number of alkyl halides is 2. The molecule has 5 heteroatoms. The number of hydrogen-bond donors (Lipinski definition) is 0. The number of terminal acetylenes is 1. The van der Waals surface area contributed by atoms with E-state index in [0.29, 0.717) is 0 Å². The lowest BCUT2D eigenvalue weighted by Gasteiger charge is -2.22. The minimum atomic E-state index is -3.39. The summed E-state index contributed by atoms with van der Waals surface area (Å²) < 4.78 is 33.3. The van der Waals surface area contributed by atoms with E-state index in [2.05, 4.69) is 5.92 Å². The van der Waals surface area contributed by atoms with Gasteiger partial charge in [-0.3, -0.25) is 4.79 Å². The van der Waals surface area contributed by atoms with Crippen LogP contribution in [0.3, 0.4) is 0 Å². The molecular formula is C17H17F2NO2. The fourth-order valence-electron chi connectivity index (χ4n) is 2.76. The quantitative estimate of drug-likeness (QED) is 0.801. The molecule has 1 amide bonds. The lowest BCUT2D eigenvalue weighted by molar-refractivity contribution is -0.270. The van der Waals surface area contributed by atoms with Gasteiger partial charge in [-0.2, -0.15) is 8.78 Å². The van der Waals surface area contributed by atoms with Crippen LogP contribution in [0, 0.1) is 18.3 Å². The van der Waals surface area contributed by atoms with Gasteiger partial charge in [0, 0.05) is 18.9 Å². The number of halogens is 2. The van der Waals surface area contributed by atoms with Crippen LogP contribution in [-0.2, 0) is 15.6 Å². The number of amides is 1. The maximum Gasteiger partial charge on any atom is 0.383 e. The standard InChI is InChI=1S/C17H17F2NO2/c1-2-14-10-15(11-20(14)16(21)12-8-9-12)22-17(18,19)13-6-4-3-5-7-13/h1,3-7,12,14-15H,8-11H2/t14-,15-/m0/s1. The van der Waals surface area contributed by atoms with Crippen molar-refractivity contribution in [3.8, 4) is 12.3 Å². The number of hydrogen-bond acceptors (Lipinski definition) is 2. The highest BCUT2D eigenvalue weighted by molar-refractivity contribution is 5.82. The van der Waals surface area contributed by atoms with E-state index < -0.39 is 18.3 Å². The van der Waals surface area contributed by atoms with Gasteiger partial charge in [0.1, 0.15) is 0 Å². The molecule has 1 aliphatic heterocycles. The van der Waals surface area contributed by atoms with Crippen LogP contribution >= 0.6 is 0 Å². The molecule has 1 saturated carbocycles. The highest BCUT2D eigenvalue weighted by atomic mass is 19.3. The Morgan fingerprint density at radius 2 is 2.00 bits per heavy atom. The van der Waals surface area contributed by atoms with Crippen molar-refractivity contribution in [1.29, 1.82) is 0 Å². The van der Waals surface area contributed by atoms with Crippen molar-refractivity contribution in [2.75, 3.05) is 6.54 Å². The highest BCUT2D eigenvalue weighted by Gasteiger charge is 2.45. The summed E-state index contributed by atoms with van der Waals surface area (Å²) in [6.07, 6.45) is 3.26. The molecule has 0 aromatic heterocycles. The molecule has 0 bridgehead atoms. The second-order valence-corrected chi connectivity index (χ2v) is 5.81. The third-order valence-electron chi connectivity index (χ3n) is 4.09. The normalized spacial score (nSPS) is 25.0. The molecule has 2 aliphatic rings. The zero-order valence-corrected chi connectivity index (χ0v) is 12.0. The van der Waals surface area contributed by atoms with E-state index in [0.717, 1.165) is 12.8 Å². The molecule has 3 rings (SSSR count). The lowest BCUT2D eigenvalue weighted by atomic mass is 10.2. The van der Waals surface area contributed by atoms with Gasteiger partial charge < -0.3 is 9.64 Å². The second kappa shape index (κ2) is 5.69. The molecule has 0 spiro atoms. The van der Waals surface area contributed by atoms with E-state index in [1.165, 1.54) is 29.2 Å². The fraction of sp³-hybridized carbons (Fsp3) is 0.471. The summed E-state index contributed by atoms with van der Waals surface area (Å²) in [7, 11) is 0. The van der Waals surface area contributed by atoms with E-state index in [1.54, 1.807) is 6.07 Å². The van der Waals surface area contributed by atoms with Crippen LogP contribution in [0.1, 0.15) is 24.8 Å². The smallest absolute Gasteiger partial charge is 0.326 e. The summed E-state index contributed by atoms with van der Waals surface area (Å²) in [5.41, 5.74) is -0.195. The molecular weight excluding hydrogens is 288 g/mol. The van der Waals surface area contributed by atoms with Crippen molar-refractivity contribution in [2.24, 2.45) is 5.92 Å². The van der Waals surface area contributed by atoms with Crippen molar-refractivity contribution in [2.45, 2.75) is 37.5 Å². The average molecular weight is 305 g/mol. The van der Waals surface area contributed by atoms with Crippen molar-refractivity contribution >= 4 is 5.91 Å². The lowest BCUT2D eigenvalue weighted by Crippen LogP contribution is -2.37. The topological polar surface area (TPSA) is 29.5 Å². The monoisotopic (exact) mass is 305 g/mol. The number of carbonyl (C=O) groups is 1. The van der Waals surface area contributed by atoms with Gasteiger partial charge in [-0.25, -0.2) is 0 Å². The molecule has 22 heavy (non-hydrogen) atoms. The van der Waals surface area contributed by atoms with Crippen LogP contribution in [0.25, 0.3) is 0 Å². The Kier molecular flexibility index (Phi) is 3.88. The summed E-state index contributed by atoms with van der Waals surface area (Å²) in [6.45, 7) is 0.132. The molecule has 1 aromatic rings. The fourth-order valence-corrected chi connectivity index (χ4v) is 2.76. The van der Waals surface area contributed by atoms with Crippen molar-refractivity contribution < 1.29 is 18.3 Å². The van der Waals surface area contributed by atoms with Gasteiger partial charge in [0.05, 0.1) is 17.7 Å². The Balaban J connectivity index is 1.68. The van der Waals surface area contributed by atoms with Gasteiger partial charge in [0.2, 0.25) is 5.91 Å². The van der Waals surface area contributed by atoms with Crippen molar-refractivity contribution in [1.82, 2.24) is 4.90 Å². The maximum absolute atomic E-state index is 14.2. The first-order valence-corrected chi connectivity index (χ1v) is 7.39. The molecule has 116 valence electrons. The Labute approximate surface area is 128 Å². The Bertz CT molecular complexity index is 592. The van der Waals surface area contributed by atoms with Crippen LogP contribution in [0.4, 0.5) is 8.78 Å². The Morgan fingerprint density at radius 1 is 1.32 bits per heavy atom. The molecule has 1 aliphatic carbocycles. The molecule has 1 heterocycles. The third kappa shape index (κ3) is 2.97. The van der Waals surface area contributed by atoms with Gasteiger partial charge in [0.25, 0.3) is 0 Å². The van der Waals surface area contributed by atoms with Gasteiger partial charge in [-0.05, 0) is 12.8 Å². The molecule has 0 N–H and O–H groups in total. The molecule has 1 aromatic carbocycles. The van der Waals surface area contributed by atoms with Crippen LogP contribution in [0.2, 0.25) is 0 Å². The van der Waals surface area contributed by atoms with Gasteiger partial charge in [-0.1, -0.05) is 36.3 Å². The summed E-state index contributed by atoms with van der Waals surface area (Å²) >= 11 is 0. The van der Waals surface area contributed by atoms with Gasteiger partial charge in [-0.15, -0.1) is 6.42 Å². The van der Waals surface area contributed by atoms with E-state index in [9.17, 15) is 13.6 Å².